The summed E-state index contributed by atoms with van der Waals surface area (Å²) in [6.07, 6.45) is 0. The molecule has 4 nitrogen and oxygen atoms in total. The minimum atomic E-state index is -1.50. The molecule has 0 aliphatic carbocycles. The molecule has 0 fully saturated rings. The van der Waals surface area contributed by atoms with Crippen LogP contribution in [0.5, 0.6) is 0 Å². The van der Waals surface area contributed by atoms with Crippen molar-refractivity contribution >= 4 is 45.5 Å². The molecule has 0 heterocycles. The minimum Gasteiger partial charge on any atom is -1.00 e. The molecule has 0 atom stereocenters. The Bertz CT molecular complexity index is 44.8. The van der Waals surface area contributed by atoms with E-state index in [2.05, 4.69) is 0 Å². The predicted molar refractivity (Wildman–Crippen MR) is 16.8 cm³/mol. The normalized spacial score (nSPS) is 3.43. The van der Waals surface area contributed by atoms with Crippen LogP contribution in [-0.4, -0.2) is 55.8 Å². The van der Waals surface area contributed by atoms with Gasteiger partial charge in [-0.2, -0.15) is 0 Å². The van der Waals surface area contributed by atoms with Crippen LogP contribution in [0.4, 0.5) is 0 Å². The molecule has 0 unspecified atom stereocenters. The summed E-state index contributed by atoms with van der Waals surface area (Å²) in [5.74, 6) is 0. The topological polar surface area (TPSA) is 63.4 Å². The summed E-state index contributed by atoms with van der Waals surface area (Å²) in [5.41, 5.74) is 0. The molecule has 0 saturated heterocycles. The van der Waals surface area contributed by atoms with Gasteiger partial charge >= 0.3 is 45.5 Å². The summed E-state index contributed by atoms with van der Waals surface area (Å²) >= 11 is 0. The number of nitrogens with zero attached hydrogens (tertiary/aromatic N) is 1. The third-order valence-corrected chi connectivity index (χ3v) is 0. The fourth-order valence-electron chi connectivity index (χ4n) is 0. The smallest absolute Gasteiger partial charge is 1.00 e. The summed E-state index contributed by atoms with van der Waals surface area (Å²) in [7, 11) is 0. The van der Waals surface area contributed by atoms with Crippen LogP contribution in [0.15, 0.2) is 0 Å². The third-order valence-electron chi connectivity index (χ3n) is 0. The Morgan fingerprint density at radius 2 is 1.71 bits per heavy atom. The molecule has 0 aromatic carbocycles. The van der Waals surface area contributed by atoms with Crippen LogP contribution in [-0.2, 0) is 0 Å². The van der Waals surface area contributed by atoms with Gasteiger partial charge in [0.05, 0.1) is 0 Å². The maximum Gasteiger partial charge on any atom is 2.00 e. The Kier molecular flexibility index (Phi) is 52.3. The Balaban J connectivity index is -0.00000000450. The van der Waals surface area contributed by atoms with Gasteiger partial charge in [-0.15, -0.1) is 10.1 Å². The summed E-state index contributed by atoms with van der Waals surface area (Å²) in [6, 6.07) is 0. The van der Waals surface area contributed by atoms with E-state index in [-0.39, 0.29) is 139 Å². The van der Waals surface area contributed by atoms with Gasteiger partial charge in [-0.05, 0) is 0 Å². The zero-order valence-corrected chi connectivity index (χ0v) is 13.0. The largest absolute Gasteiger partial charge is 2.00 e. The molecule has 0 aromatic heterocycles. The second kappa shape index (κ2) is 16.3. The van der Waals surface area contributed by atoms with Crippen LogP contribution >= 0.6 is 0 Å². The molecule has 0 bridgehead atoms. The molecule has 0 spiro atoms. The van der Waals surface area contributed by atoms with Crippen LogP contribution in [0.25, 0.3) is 0 Å². The fourth-order valence-corrected chi connectivity index (χ4v) is 0. The third kappa shape index (κ3) is 42.6. The van der Waals surface area contributed by atoms with Gasteiger partial charge < -0.3 is 8.06 Å². The first-order valence-corrected chi connectivity index (χ1v) is 0.565. The van der Waals surface area contributed by atoms with E-state index in [1.54, 1.807) is 0 Å². The molecular weight excluding hydrogens is 442 g/mol. The van der Waals surface area contributed by atoms with E-state index in [4.69, 9.17) is 15.3 Å². The molecular formula is H3EuNO3PrSr. The van der Waals surface area contributed by atoms with Crippen molar-refractivity contribution in [3.63, 3.8) is 0 Å². The van der Waals surface area contributed by atoms with Crippen molar-refractivity contribution in [2.24, 2.45) is 0 Å². The molecule has 2 radical (unpaired) electrons. The second-order valence-corrected chi connectivity index (χ2v) is 0.238. The Morgan fingerprint density at radius 1 is 1.71 bits per heavy atom. The maximum absolute atomic E-state index is 8.36. The van der Waals surface area contributed by atoms with Gasteiger partial charge in [0.2, 0.25) is 0 Å². The molecule has 0 amide bonds. The van der Waals surface area contributed by atoms with Crippen LogP contribution in [0, 0.1) is 101 Å². The molecule has 0 aliphatic rings. The van der Waals surface area contributed by atoms with Crippen LogP contribution in [0.1, 0.15) is 2.85 Å². The Morgan fingerprint density at radius 3 is 1.71 bits per heavy atom. The van der Waals surface area contributed by atoms with Gasteiger partial charge in [-0.1, -0.05) is 0 Å². The number of rotatable bonds is 0. The van der Waals surface area contributed by atoms with E-state index in [1.807, 2.05) is 0 Å². The molecule has 7 heteroatoms. The summed E-state index contributed by atoms with van der Waals surface area (Å²) in [6.45, 7) is 0. The van der Waals surface area contributed by atoms with Crippen LogP contribution < -0.4 is 0 Å². The first-order chi connectivity index (χ1) is 1.73. The minimum absolute atomic E-state index is 0. The average molecular weight is 446 g/mol. The van der Waals surface area contributed by atoms with E-state index in [0.717, 1.165) is 0 Å². The van der Waals surface area contributed by atoms with Gasteiger partial charge in [-0.3, -0.25) is 0 Å². The van der Waals surface area contributed by atoms with Crippen molar-refractivity contribution in [2.45, 2.75) is 0 Å². The van der Waals surface area contributed by atoms with E-state index in [1.165, 1.54) is 0 Å². The monoisotopic (exact) mass is 447 g/mol. The van der Waals surface area contributed by atoms with Crippen molar-refractivity contribution in [2.75, 3.05) is 0 Å². The maximum atomic E-state index is 8.36. The molecule has 0 rings (SSSR count). The second-order valence-electron chi connectivity index (χ2n) is 0.238. The number of hydrogen-bond acceptors (Lipinski definition) is 2. The van der Waals surface area contributed by atoms with E-state index >= 15 is 0 Å². The van der Waals surface area contributed by atoms with E-state index in [0.29, 0.717) is 0 Å². The van der Waals surface area contributed by atoms with Crippen molar-refractivity contribution in [3.8, 4) is 0 Å². The zero-order valence-electron chi connectivity index (χ0n) is 5.37. The van der Waals surface area contributed by atoms with Gasteiger partial charge in [0, 0.05) is 90.7 Å². The average Bonchev–Trinajstić information content (AvgIpc) is 0.811. The molecule has 1 N–H and O–H groups in total. The first-order valence-electron chi connectivity index (χ1n) is 0.565. The molecule has 38 valence electrons. The summed E-state index contributed by atoms with van der Waals surface area (Å²) < 4.78 is 0. The fraction of sp³-hybridized carbons (Fsp3) is 0. The van der Waals surface area contributed by atoms with Crippen LogP contribution in [0.2, 0.25) is 0 Å². The molecule has 0 aromatic rings. The molecule has 0 saturated carbocycles. The van der Waals surface area contributed by atoms with Crippen molar-refractivity contribution in [1.29, 1.82) is 0 Å². The Hall–Kier alpha value is 3.63. The van der Waals surface area contributed by atoms with E-state index in [9.17, 15) is 0 Å². The zero-order chi connectivity index (χ0) is 3.58. The Labute approximate surface area is 155 Å². The van der Waals surface area contributed by atoms with Crippen molar-refractivity contribution in [3.05, 3.63) is 10.1 Å². The summed E-state index contributed by atoms with van der Waals surface area (Å²) in [4.78, 5) is 8.36. The van der Waals surface area contributed by atoms with Crippen molar-refractivity contribution in [1.82, 2.24) is 0 Å². The predicted octanol–water partition coefficient (Wildman–Crippen LogP) is -0.504. The number of hydrogen-bond donors (Lipinski definition) is 1. The first kappa shape index (κ1) is 22.4. The van der Waals surface area contributed by atoms with Gasteiger partial charge in [-0.25, -0.2) is 0 Å². The van der Waals surface area contributed by atoms with E-state index < -0.39 is 5.09 Å². The van der Waals surface area contributed by atoms with Crippen molar-refractivity contribution < 1.29 is 104 Å². The van der Waals surface area contributed by atoms with Gasteiger partial charge in [0.15, 0.2) is 0 Å². The SMILES string of the molecule is O=[N+]([O-])O.[Eu].[H-].[H-].[Pr].[Sr+2]. The van der Waals surface area contributed by atoms with Crippen LogP contribution in [0.3, 0.4) is 0 Å². The van der Waals surface area contributed by atoms with Gasteiger partial charge in [0.1, 0.15) is 0 Å². The molecule has 7 heavy (non-hydrogen) atoms. The standard InChI is InChI=1S/Eu.HNO3.Pr.Sr.2H/c;2-1(3)4;;;;/h;(H,2,3,4);;;;/q;;;+2;2*-1. The summed E-state index contributed by atoms with van der Waals surface area (Å²) in [5, 5.41) is 13.6. The molecule has 0 aliphatic heterocycles. The van der Waals surface area contributed by atoms with Gasteiger partial charge in [0.25, 0.3) is 5.09 Å². The quantitative estimate of drug-likeness (QED) is 0.311.